The highest BCUT2D eigenvalue weighted by molar-refractivity contribution is 7.80. The van der Waals surface area contributed by atoms with Gasteiger partial charge in [0, 0.05) is 50.3 Å². The Bertz CT molecular complexity index is 1620. The van der Waals surface area contributed by atoms with Gasteiger partial charge in [-0.1, -0.05) is 66.2 Å². The van der Waals surface area contributed by atoms with Crippen LogP contribution in [0.3, 0.4) is 0 Å². The zero-order valence-corrected chi connectivity index (χ0v) is 34.3. The van der Waals surface area contributed by atoms with Crippen LogP contribution in [-0.4, -0.2) is 66.2 Å². The predicted octanol–water partition coefficient (Wildman–Crippen LogP) is 9.13. The second-order valence-electron chi connectivity index (χ2n) is 19.2. The zero-order valence-electron chi connectivity index (χ0n) is 33.5. The minimum absolute atomic E-state index is 0.00901. The molecule has 7 nitrogen and oxygen atoms in total. The number of carbonyl (C=O) groups is 2. The second kappa shape index (κ2) is 13.3. The van der Waals surface area contributed by atoms with E-state index in [1.807, 2.05) is 24.3 Å². The summed E-state index contributed by atoms with van der Waals surface area (Å²) in [6, 6.07) is 7.85. The third-order valence-corrected chi connectivity index (χ3v) is 17.2. The monoisotopic (exact) mass is 731 g/mol. The average molecular weight is 732 g/mol. The first kappa shape index (κ1) is 37.7. The van der Waals surface area contributed by atoms with Gasteiger partial charge in [0.1, 0.15) is 11.9 Å². The van der Waals surface area contributed by atoms with Crippen LogP contribution in [0.1, 0.15) is 113 Å². The lowest BCUT2D eigenvalue weighted by Gasteiger charge is -2.71. The minimum atomic E-state index is -0.326. The SMILES string of the molecule is COc1cccc(NC(=S)N2CCN(C(=O)[C@]34CC[C@@H](C)[C@H](C)[C@H]3C3=CC[C@@H]5[C@@]6(C)CC[C@H](OC(C)=O)C(C)(C)[C@@H]6CC[C@@]5(C)[C@]3(C)CC4)CC2)c1. The molecule has 1 N–H and O–H groups in total. The van der Waals surface area contributed by atoms with E-state index in [0.29, 0.717) is 47.8 Å². The molecule has 6 aliphatic rings. The number of anilines is 1. The van der Waals surface area contributed by atoms with Crippen molar-refractivity contribution >= 4 is 34.9 Å². The highest BCUT2D eigenvalue weighted by Gasteiger charge is 2.70. The predicted molar refractivity (Wildman–Crippen MR) is 212 cm³/mol. The van der Waals surface area contributed by atoms with Crippen molar-refractivity contribution in [3.63, 3.8) is 0 Å². The fourth-order valence-corrected chi connectivity index (χ4v) is 13.9. The van der Waals surface area contributed by atoms with Crippen LogP contribution in [0, 0.1) is 56.7 Å². The van der Waals surface area contributed by atoms with Gasteiger partial charge in [-0.25, -0.2) is 0 Å². The Morgan fingerprint density at radius 1 is 0.885 bits per heavy atom. The maximum absolute atomic E-state index is 15.1. The van der Waals surface area contributed by atoms with E-state index >= 15 is 4.79 Å². The lowest BCUT2D eigenvalue weighted by atomic mass is 9.33. The highest BCUT2D eigenvalue weighted by Crippen LogP contribution is 2.76. The Labute approximate surface area is 319 Å². The number of nitrogens with zero attached hydrogens (tertiary/aromatic N) is 2. The number of methoxy groups -OCH3 is 1. The Balaban J connectivity index is 1.13. The van der Waals surface area contributed by atoms with Crippen LogP contribution in [0.2, 0.25) is 0 Å². The number of hydrogen-bond acceptors (Lipinski definition) is 5. The van der Waals surface area contributed by atoms with E-state index in [4.69, 9.17) is 21.7 Å². The molecule has 8 heteroatoms. The van der Waals surface area contributed by atoms with Gasteiger partial charge >= 0.3 is 5.97 Å². The van der Waals surface area contributed by atoms with Gasteiger partial charge in [-0.15, -0.1) is 0 Å². The number of ether oxygens (including phenoxy) is 2. The molecule has 0 unspecified atom stereocenters. The maximum atomic E-state index is 15.1. The molecule has 5 fully saturated rings. The Morgan fingerprint density at radius 3 is 2.29 bits per heavy atom. The van der Waals surface area contributed by atoms with E-state index in [2.05, 4.69) is 69.7 Å². The molecule has 0 spiro atoms. The number of carbonyl (C=O) groups excluding carboxylic acids is 2. The number of amides is 1. The van der Waals surface area contributed by atoms with Crippen molar-refractivity contribution < 1.29 is 19.1 Å². The van der Waals surface area contributed by atoms with Crippen LogP contribution in [-0.2, 0) is 14.3 Å². The zero-order chi connectivity index (χ0) is 37.4. The molecule has 1 aromatic rings. The molecule has 1 aromatic carbocycles. The average Bonchev–Trinajstić information content (AvgIpc) is 3.11. The summed E-state index contributed by atoms with van der Waals surface area (Å²) in [7, 11) is 1.67. The molecule has 1 amide bonds. The summed E-state index contributed by atoms with van der Waals surface area (Å²) >= 11 is 5.84. The van der Waals surface area contributed by atoms with Crippen molar-refractivity contribution in [3.05, 3.63) is 35.9 Å². The van der Waals surface area contributed by atoms with E-state index in [1.54, 1.807) is 19.6 Å². The van der Waals surface area contributed by atoms with Gasteiger partial charge in [0.15, 0.2) is 5.11 Å². The van der Waals surface area contributed by atoms with Crippen molar-refractivity contribution in [3.8, 4) is 5.75 Å². The highest BCUT2D eigenvalue weighted by atomic mass is 32.1. The fourth-order valence-electron chi connectivity index (χ4n) is 13.6. The van der Waals surface area contributed by atoms with E-state index in [1.165, 1.54) is 12.8 Å². The van der Waals surface area contributed by atoms with Gasteiger partial charge < -0.3 is 24.6 Å². The summed E-state index contributed by atoms with van der Waals surface area (Å²) in [5.41, 5.74) is 2.59. The van der Waals surface area contributed by atoms with Gasteiger partial charge in [-0.05, 0) is 128 Å². The molecule has 1 saturated heterocycles. The summed E-state index contributed by atoms with van der Waals surface area (Å²) in [6.07, 6.45) is 12.4. The molecule has 4 saturated carbocycles. The number of fused-ring (bicyclic) bond motifs is 7. The summed E-state index contributed by atoms with van der Waals surface area (Å²) < 4.78 is 11.4. The lowest BCUT2D eigenvalue weighted by molar-refractivity contribution is -0.213. The van der Waals surface area contributed by atoms with Gasteiger partial charge in [-0.2, -0.15) is 0 Å². The van der Waals surface area contributed by atoms with E-state index in [-0.39, 0.29) is 45.1 Å². The van der Waals surface area contributed by atoms with Crippen molar-refractivity contribution in [1.29, 1.82) is 0 Å². The fraction of sp³-hybridized carbons (Fsp3) is 0.750. The third kappa shape index (κ3) is 5.65. The molecule has 10 atom stereocenters. The molecule has 0 radical (unpaired) electrons. The molecule has 286 valence electrons. The number of esters is 1. The van der Waals surface area contributed by atoms with Crippen molar-refractivity contribution in [2.24, 2.45) is 56.7 Å². The van der Waals surface area contributed by atoms with Gasteiger partial charge in [0.2, 0.25) is 5.91 Å². The first-order valence-corrected chi connectivity index (χ1v) is 20.8. The molecule has 5 aliphatic carbocycles. The van der Waals surface area contributed by atoms with Gasteiger partial charge in [0.25, 0.3) is 0 Å². The van der Waals surface area contributed by atoms with Crippen LogP contribution in [0.5, 0.6) is 5.75 Å². The molecule has 52 heavy (non-hydrogen) atoms. The quantitative estimate of drug-likeness (QED) is 0.188. The number of rotatable bonds is 4. The first-order chi connectivity index (χ1) is 24.5. The largest absolute Gasteiger partial charge is 0.497 e. The third-order valence-electron chi connectivity index (χ3n) is 16.8. The molecule has 7 rings (SSSR count). The summed E-state index contributed by atoms with van der Waals surface area (Å²) in [4.78, 5) is 31.7. The molecule has 1 aliphatic heterocycles. The molecule has 0 bridgehead atoms. The number of benzene rings is 1. The number of thiocarbonyl (C=S) groups is 1. The standard InChI is InChI=1S/C44H65N3O4S/c1-28-15-20-44(38(49)46-23-25-47(26-24-46)39(52)45-31-11-10-12-32(27-31)50-9)22-21-42(7)33(37(44)29(28)2)13-14-35-41(6)18-17-36(51-30(3)48)40(4,5)34(41)16-19-43(35,42)8/h10-13,27-29,34-37H,14-26H2,1-9H3,(H,45,52)/t28-,29+,34+,35-,36+,37+,41+,42-,43-,44+/m1/s1. The lowest BCUT2D eigenvalue weighted by Crippen LogP contribution is -2.66. The summed E-state index contributed by atoms with van der Waals surface area (Å²) in [5.74, 6) is 3.50. The van der Waals surface area contributed by atoms with Crippen LogP contribution < -0.4 is 10.1 Å². The molecule has 0 aromatic heterocycles. The van der Waals surface area contributed by atoms with Crippen LogP contribution in [0.25, 0.3) is 0 Å². The van der Waals surface area contributed by atoms with E-state index in [0.717, 1.165) is 69.5 Å². The molecule has 1 heterocycles. The van der Waals surface area contributed by atoms with E-state index in [9.17, 15) is 4.79 Å². The molecular formula is C44H65N3O4S. The summed E-state index contributed by atoms with van der Waals surface area (Å²) in [6.45, 7) is 21.9. The van der Waals surface area contributed by atoms with Gasteiger partial charge in [0.05, 0.1) is 12.5 Å². The minimum Gasteiger partial charge on any atom is -0.497 e. The maximum Gasteiger partial charge on any atom is 0.302 e. The summed E-state index contributed by atoms with van der Waals surface area (Å²) in [5, 5.41) is 4.09. The number of piperazine rings is 1. The Kier molecular flexibility index (Phi) is 9.64. The normalized spacial score (nSPS) is 40.9. The first-order valence-electron chi connectivity index (χ1n) is 20.4. The van der Waals surface area contributed by atoms with Crippen molar-refractivity contribution in [2.45, 2.75) is 119 Å². The van der Waals surface area contributed by atoms with Crippen LogP contribution in [0.4, 0.5) is 5.69 Å². The van der Waals surface area contributed by atoms with Crippen LogP contribution in [0.15, 0.2) is 35.9 Å². The number of nitrogens with one attached hydrogen (secondary N) is 1. The number of allylic oxidation sites excluding steroid dienone is 2. The smallest absolute Gasteiger partial charge is 0.302 e. The van der Waals surface area contributed by atoms with Crippen molar-refractivity contribution in [1.82, 2.24) is 9.80 Å². The van der Waals surface area contributed by atoms with E-state index < -0.39 is 0 Å². The molecular weight excluding hydrogens is 667 g/mol. The van der Waals surface area contributed by atoms with Crippen molar-refractivity contribution in [2.75, 3.05) is 38.6 Å². The second-order valence-corrected chi connectivity index (χ2v) is 19.6. The number of hydrogen-bond donors (Lipinski definition) is 1. The van der Waals surface area contributed by atoms with Crippen LogP contribution >= 0.6 is 12.2 Å². The van der Waals surface area contributed by atoms with Gasteiger partial charge in [-0.3, -0.25) is 9.59 Å². The topological polar surface area (TPSA) is 71.1 Å². The Hall–Kier alpha value is -2.61. The Morgan fingerprint density at radius 2 is 1.60 bits per heavy atom.